The highest BCUT2D eigenvalue weighted by Crippen LogP contribution is 2.13. The SMILES string of the molecule is CC(CNC(=O)N(C)Cc1cccc(F)c1)N(C)c1ccccc1. The number of rotatable bonds is 6. The van der Waals surface area contributed by atoms with Crippen LogP contribution in [0.15, 0.2) is 54.6 Å². The summed E-state index contributed by atoms with van der Waals surface area (Å²) in [6.45, 7) is 2.95. The molecule has 2 aromatic carbocycles. The second-order valence-electron chi connectivity index (χ2n) is 5.97. The average Bonchev–Trinajstić information content (AvgIpc) is 2.59. The smallest absolute Gasteiger partial charge is 0.317 e. The van der Waals surface area contributed by atoms with Crippen molar-refractivity contribution < 1.29 is 9.18 Å². The first-order valence-corrected chi connectivity index (χ1v) is 7.98. The number of carbonyl (C=O) groups is 1. The van der Waals surface area contributed by atoms with Gasteiger partial charge in [-0.3, -0.25) is 0 Å². The van der Waals surface area contributed by atoms with Crippen molar-refractivity contribution >= 4 is 11.7 Å². The topological polar surface area (TPSA) is 35.6 Å². The number of urea groups is 1. The molecule has 0 fully saturated rings. The molecule has 0 aliphatic rings. The lowest BCUT2D eigenvalue weighted by atomic mass is 10.2. The van der Waals surface area contributed by atoms with Crippen molar-refractivity contribution in [1.82, 2.24) is 10.2 Å². The highest BCUT2D eigenvalue weighted by molar-refractivity contribution is 5.74. The van der Waals surface area contributed by atoms with Gasteiger partial charge in [0, 0.05) is 38.9 Å². The van der Waals surface area contributed by atoms with E-state index >= 15 is 0 Å². The molecular formula is C19H24FN3O. The molecule has 2 aromatic rings. The number of benzene rings is 2. The van der Waals surface area contributed by atoms with E-state index < -0.39 is 0 Å². The summed E-state index contributed by atoms with van der Waals surface area (Å²) < 4.78 is 13.2. The molecule has 5 heteroatoms. The second-order valence-corrected chi connectivity index (χ2v) is 5.97. The van der Waals surface area contributed by atoms with E-state index in [0.717, 1.165) is 11.3 Å². The molecule has 0 bridgehead atoms. The van der Waals surface area contributed by atoms with Gasteiger partial charge in [-0.25, -0.2) is 9.18 Å². The number of likely N-dealkylation sites (N-methyl/N-ethyl adjacent to an activating group) is 1. The van der Waals surface area contributed by atoms with Gasteiger partial charge in [-0.05, 0) is 36.8 Å². The molecular weight excluding hydrogens is 305 g/mol. The zero-order valence-electron chi connectivity index (χ0n) is 14.4. The molecule has 4 nitrogen and oxygen atoms in total. The summed E-state index contributed by atoms with van der Waals surface area (Å²) in [7, 11) is 3.70. The fraction of sp³-hybridized carbons (Fsp3) is 0.316. The van der Waals surface area contributed by atoms with Crippen molar-refractivity contribution in [2.45, 2.75) is 19.5 Å². The minimum atomic E-state index is -0.292. The van der Waals surface area contributed by atoms with Crippen LogP contribution in [0.25, 0.3) is 0 Å². The predicted octanol–water partition coefficient (Wildman–Crippen LogP) is 3.49. The zero-order valence-corrected chi connectivity index (χ0v) is 14.4. The molecule has 1 unspecified atom stereocenters. The standard InChI is InChI=1S/C19H24FN3O/c1-15(23(3)18-10-5-4-6-11-18)13-21-19(24)22(2)14-16-8-7-9-17(20)12-16/h4-12,15H,13-14H2,1-3H3,(H,21,24). The number of anilines is 1. The van der Waals surface area contributed by atoms with E-state index in [0.29, 0.717) is 13.1 Å². The summed E-state index contributed by atoms with van der Waals surface area (Å²) in [6, 6.07) is 16.3. The lowest BCUT2D eigenvalue weighted by Crippen LogP contribution is -2.44. The third-order valence-corrected chi connectivity index (χ3v) is 4.03. The number of hydrogen-bond donors (Lipinski definition) is 1. The molecule has 0 saturated heterocycles. The highest BCUT2D eigenvalue weighted by atomic mass is 19.1. The van der Waals surface area contributed by atoms with Gasteiger partial charge in [-0.1, -0.05) is 30.3 Å². The maximum Gasteiger partial charge on any atom is 0.317 e. The first-order valence-electron chi connectivity index (χ1n) is 7.98. The van der Waals surface area contributed by atoms with E-state index in [1.54, 1.807) is 24.1 Å². The van der Waals surface area contributed by atoms with Crippen LogP contribution >= 0.6 is 0 Å². The number of hydrogen-bond acceptors (Lipinski definition) is 2. The van der Waals surface area contributed by atoms with Crippen molar-refractivity contribution in [3.05, 3.63) is 66.0 Å². The Hall–Kier alpha value is -2.56. The largest absolute Gasteiger partial charge is 0.370 e. The normalized spacial score (nSPS) is 11.7. The third-order valence-electron chi connectivity index (χ3n) is 4.03. The first kappa shape index (κ1) is 17.8. The molecule has 0 heterocycles. The Kier molecular flexibility index (Phi) is 6.18. The van der Waals surface area contributed by atoms with E-state index in [4.69, 9.17) is 0 Å². The summed E-state index contributed by atoms with van der Waals surface area (Å²) >= 11 is 0. The third kappa shape index (κ3) is 4.98. The molecule has 0 spiro atoms. The summed E-state index contributed by atoms with van der Waals surface area (Å²) in [5.74, 6) is -0.292. The van der Waals surface area contributed by atoms with E-state index in [1.807, 2.05) is 37.4 Å². The summed E-state index contributed by atoms with van der Waals surface area (Å²) in [4.78, 5) is 15.9. The maximum atomic E-state index is 13.2. The minimum absolute atomic E-state index is 0.152. The second kappa shape index (κ2) is 8.34. The van der Waals surface area contributed by atoms with E-state index in [9.17, 15) is 9.18 Å². The lowest BCUT2D eigenvalue weighted by Gasteiger charge is -2.28. The maximum absolute atomic E-state index is 13.2. The quantitative estimate of drug-likeness (QED) is 0.880. The number of nitrogens with one attached hydrogen (secondary N) is 1. The molecule has 0 radical (unpaired) electrons. The fourth-order valence-corrected chi connectivity index (χ4v) is 2.41. The van der Waals surface area contributed by atoms with Crippen LogP contribution in [0.4, 0.5) is 14.9 Å². The van der Waals surface area contributed by atoms with Crippen LogP contribution in [0.5, 0.6) is 0 Å². The van der Waals surface area contributed by atoms with E-state index in [1.165, 1.54) is 12.1 Å². The highest BCUT2D eigenvalue weighted by Gasteiger charge is 2.14. The van der Waals surface area contributed by atoms with Crippen molar-refractivity contribution in [1.29, 1.82) is 0 Å². The Bertz CT molecular complexity index is 663. The summed E-state index contributed by atoms with van der Waals surface area (Å²) in [5.41, 5.74) is 1.87. The number of amides is 2. The molecule has 24 heavy (non-hydrogen) atoms. The van der Waals surface area contributed by atoms with Gasteiger partial charge in [0.05, 0.1) is 0 Å². The first-order chi connectivity index (χ1) is 11.5. The zero-order chi connectivity index (χ0) is 17.5. The van der Waals surface area contributed by atoms with Gasteiger partial charge in [0.2, 0.25) is 0 Å². The van der Waals surface area contributed by atoms with Crippen LogP contribution in [-0.2, 0) is 6.54 Å². The Labute approximate surface area is 142 Å². The molecule has 0 aromatic heterocycles. The van der Waals surface area contributed by atoms with Crippen LogP contribution in [0.2, 0.25) is 0 Å². The average molecular weight is 329 g/mol. The number of para-hydroxylation sites is 1. The van der Waals surface area contributed by atoms with Crippen LogP contribution in [0.1, 0.15) is 12.5 Å². The van der Waals surface area contributed by atoms with Gasteiger partial charge in [0.15, 0.2) is 0 Å². The van der Waals surface area contributed by atoms with Gasteiger partial charge >= 0.3 is 6.03 Å². The van der Waals surface area contributed by atoms with Crippen LogP contribution < -0.4 is 10.2 Å². The Balaban J connectivity index is 1.83. The number of halogens is 1. The summed E-state index contributed by atoms with van der Waals surface area (Å²) in [6.07, 6.45) is 0. The molecule has 0 saturated carbocycles. The number of nitrogens with zero attached hydrogens (tertiary/aromatic N) is 2. The van der Waals surface area contributed by atoms with Gasteiger partial charge in [0.25, 0.3) is 0 Å². The Morgan fingerprint density at radius 1 is 1.12 bits per heavy atom. The molecule has 128 valence electrons. The molecule has 1 N–H and O–H groups in total. The predicted molar refractivity (Wildman–Crippen MR) is 95.6 cm³/mol. The van der Waals surface area contributed by atoms with E-state index in [2.05, 4.69) is 17.1 Å². The van der Waals surface area contributed by atoms with Crippen LogP contribution in [0, 0.1) is 5.82 Å². The molecule has 0 aliphatic carbocycles. The van der Waals surface area contributed by atoms with Crippen molar-refractivity contribution in [2.24, 2.45) is 0 Å². The van der Waals surface area contributed by atoms with Crippen molar-refractivity contribution in [3.63, 3.8) is 0 Å². The monoisotopic (exact) mass is 329 g/mol. The van der Waals surface area contributed by atoms with Crippen molar-refractivity contribution in [3.8, 4) is 0 Å². The van der Waals surface area contributed by atoms with Crippen LogP contribution in [-0.4, -0.2) is 37.6 Å². The fourth-order valence-electron chi connectivity index (χ4n) is 2.41. The van der Waals surface area contributed by atoms with Crippen LogP contribution in [0.3, 0.4) is 0 Å². The molecule has 2 rings (SSSR count). The summed E-state index contributed by atoms with van der Waals surface area (Å²) in [5, 5.41) is 2.92. The minimum Gasteiger partial charge on any atom is -0.370 e. The van der Waals surface area contributed by atoms with Gasteiger partial charge in [-0.15, -0.1) is 0 Å². The van der Waals surface area contributed by atoms with Gasteiger partial charge in [-0.2, -0.15) is 0 Å². The Morgan fingerprint density at radius 3 is 2.50 bits per heavy atom. The molecule has 0 aliphatic heterocycles. The van der Waals surface area contributed by atoms with E-state index in [-0.39, 0.29) is 17.9 Å². The Morgan fingerprint density at radius 2 is 1.83 bits per heavy atom. The van der Waals surface area contributed by atoms with Gasteiger partial charge < -0.3 is 15.1 Å². The van der Waals surface area contributed by atoms with Crippen molar-refractivity contribution in [2.75, 3.05) is 25.5 Å². The lowest BCUT2D eigenvalue weighted by molar-refractivity contribution is 0.206. The number of carbonyl (C=O) groups excluding carboxylic acids is 1. The van der Waals surface area contributed by atoms with Gasteiger partial charge in [0.1, 0.15) is 5.82 Å². The molecule has 1 atom stereocenters. The molecule has 2 amide bonds.